The fraction of sp³-hybridized carbons (Fsp3) is 0.444. The van der Waals surface area contributed by atoms with E-state index in [1.54, 1.807) is 10.9 Å². The predicted molar refractivity (Wildman–Crippen MR) is 66.2 cm³/mol. The van der Waals surface area contributed by atoms with Gasteiger partial charge in [-0.1, -0.05) is 11.3 Å². The lowest BCUT2D eigenvalue weighted by molar-refractivity contribution is 0.248. The molecule has 2 aromatic heterocycles. The highest BCUT2D eigenvalue weighted by Gasteiger charge is 2.15. The first-order valence-electron chi connectivity index (χ1n) is 5.28. The summed E-state index contributed by atoms with van der Waals surface area (Å²) in [7, 11) is 1.82. The largest absolute Gasteiger partial charge is 0.328 e. The van der Waals surface area contributed by atoms with Crippen molar-refractivity contribution in [3.63, 3.8) is 0 Å². The van der Waals surface area contributed by atoms with Gasteiger partial charge in [0.1, 0.15) is 11.3 Å². The number of nitrogens with one attached hydrogen (secondary N) is 2. The Morgan fingerprint density at radius 2 is 2.22 bits per heavy atom. The van der Waals surface area contributed by atoms with Gasteiger partial charge in [-0.2, -0.15) is 0 Å². The highest BCUT2D eigenvalue weighted by atomic mass is 32.1. The van der Waals surface area contributed by atoms with Crippen LogP contribution in [0.1, 0.15) is 23.8 Å². The molecule has 0 aliphatic heterocycles. The van der Waals surface area contributed by atoms with Crippen molar-refractivity contribution in [1.82, 2.24) is 30.3 Å². The molecule has 9 heteroatoms. The fourth-order valence-corrected chi connectivity index (χ4v) is 2.01. The molecule has 2 aromatic rings. The molecule has 2 amide bonds. The molecule has 0 saturated carbocycles. The van der Waals surface area contributed by atoms with E-state index in [-0.39, 0.29) is 12.1 Å². The Hall–Kier alpha value is -2.03. The molecule has 0 saturated heterocycles. The Morgan fingerprint density at radius 3 is 2.78 bits per heavy atom. The Kier molecular flexibility index (Phi) is 3.51. The van der Waals surface area contributed by atoms with E-state index in [2.05, 4.69) is 31.0 Å². The third-order valence-corrected chi connectivity index (χ3v) is 2.98. The second kappa shape index (κ2) is 5.08. The van der Waals surface area contributed by atoms with Gasteiger partial charge in [0, 0.05) is 7.05 Å². The summed E-state index contributed by atoms with van der Waals surface area (Å²) in [5.74, 6) is 0.679. The summed E-state index contributed by atoms with van der Waals surface area (Å²) < 4.78 is 1.75. The quantitative estimate of drug-likeness (QED) is 0.859. The van der Waals surface area contributed by atoms with E-state index in [0.717, 1.165) is 5.01 Å². The van der Waals surface area contributed by atoms with Crippen LogP contribution in [0.3, 0.4) is 0 Å². The van der Waals surface area contributed by atoms with Crippen molar-refractivity contribution >= 4 is 22.5 Å². The van der Waals surface area contributed by atoms with E-state index < -0.39 is 0 Å². The van der Waals surface area contributed by atoms with Crippen molar-refractivity contribution in [3.05, 3.63) is 17.2 Å². The van der Waals surface area contributed by atoms with Gasteiger partial charge in [0.25, 0.3) is 0 Å². The Morgan fingerprint density at radius 1 is 1.44 bits per heavy atom. The number of aromatic nitrogens is 5. The number of hydrogen-bond acceptors (Lipinski definition) is 6. The third-order valence-electron chi connectivity index (χ3n) is 2.23. The average molecular weight is 267 g/mol. The highest BCUT2D eigenvalue weighted by molar-refractivity contribution is 7.15. The number of nitrogens with zero attached hydrogens (tertiary/aromatic N) is 5. The van der Waals surface area contributed by atoms with Crippen LogP contribution in [0.15, 0.2) is 6.33 Å². The zero-order chi connectivity index (χ0) is 13.1. The number of carbonyl (C=O) groups is 1. The minimum atomic E-state index is -0.346. The molecule has 0 bridgehead atoms. The van der Waals surface area contributed by atoms with Crippen LogP contribution in [-0.4, -0.2) is 31.0 Å². The third kappa shape index (κ3) is 2.80. The first-order valence-corrected chi connectivity index (χ1v) is 6.09. The number of hydrogen-bond donors (Lipinski definition) is 2. The van der Waals surface area contributed by atoms with Crippen molar-refractivity contribution in [3.8, 4) is 0 Å². The lowest BCUT2D eigenvalue weighted by Gasteiger charge is -2.12. The number of anilines is 1. The molecule has 0 spiro atoms. The van der Waals surface area contributed by atoms with Crippen molar-refractivity contribution in [2.24, 2.45) is 7.05 Å². The number of rotatable bonds is 3. The number of urea groups is 1. The summed E-state index contributed by atoms with van der Waals surface area (Å²) in [6.45, 7) is 3.65. The van der Waals surface area contributed by atoms with Gasteiger partial charge in [-0.3, -0.25) is 5.32 Å². The molecule has 96 valence electrons. The Labute approximate surface area is 107 Å². The summed E-state index contributed by atoms with van der Waals surface area (Å²) in [5.41, 5.74) is 0. The maximum absolute atomic E-state index is 11.7. The van der Waals surface area contributed by atoms with Gasteiger partial charge in [0.15, 0.2) is 5.82 Å². The van der Waals surface area contributed by atoms with Gasteiger partial charge in [0.05, 0.1) is 6.04 Å². The van der Waals surface area contributed by atoms with E-state index in [4.69, 9.17) is 0 Å². The predicted octanol–water partition coefficient (Wildman–Crippen LogP) is 0.858. The first kappa shape index (κ1) is 12.4. The van der Waals surface area contributed by atoms with Gasteiger partial charge in [-0.25, -0.2) is 4.79 Å². The van der Waals surface area contributed by atoms with Gasteiger partial charge < -0.3 is 9.88 Å². The second-order valence-electron chi connectivity index (χ2n) is 3.75. The molecule has 2 N–H and O–H groups in total. The molecule has 0 unspecified atom stereocenters. The number of carbonyl (C=O) groups excluding carboxylic acids is 1. The fourth-order valence-electron chi connectivity index (χ4n) is 1.43. The van der Waals surface area contributed by atoms with Gasteiger partial charge in [0.2, 0.25) is 5.13 Å². The van der Waals surface area contributed by atoms with Gasteiger partial charge >= 0.3 is 6.03 Å². The monoisotopic (exact) mass is 267 g/mol. The van der Waals surface area contributed by atoms with Gasteiger partial charge in [-0.05, 0) is 13.8 Å². The Balaban J connectivity index is 1.93. The van der Waals surface area contributed by atoms with E-state index >= 15 is 0 Å². The van der Waals surface area contributed by atoms with Crippen molar-refractivity contribution in [1.29, 1.82) is 0 Å². The highest BCUT2D eigenvalue weighted by Crippen LogP contribution is 2.14. The molecule has 2 rings (SSSR count). The molecule has 0 aromatic carbocycles. The minimum Gasteiger partial charge on any atom is -0.328 e. The number of amides is 2. The molecular weight excluding hydrogens is 254 g/mol. The SMILES string of the molecule is Cc1nnc(NC(=O)N[C@@H](C)c2nncn2C)s1. The molecule has 0 aliphatic rings. The van der Waals surface area contributed by atoms with E-state index in [1.807, 2.05) is 20.9 Å². The summed E-state index contributed by atoms with van der Waals surface area (Å²) in [6.07, 6.45) is 1.58. The summed E-state index contributed by atoms with van der Waals surface area (Å²) in [4.78, 5) is 11.7. The first-order chi connectivity index (χ1) is 8.56. The van der Waals surface area contributed by atoms with Crippen molar-refractivity contribution in [2.75, 3.05) is 5.32 Å². The smallest absolute Gasteiger partial charge is 0.321 e. The van der Waals surface area contributed by atoms with Crippen LogP contribution in [0, 0.1) is 6.92 Å². The van der Waals surface area contributed by atoms with Crippen LogP contribution in [0.4, 0.5) is 9.93 Å². The van der Waals surface area contributed by atoms with Crippen LogP contribution in [0.5, 0.6) is 0 Å². The minimum absolute atomic E-state index is 0.244. The summed E-state index contributed by atoms with van der Waals surface area (Å²) >= 11 is 1.32. The average Bonchev–Trinajstić information content (AvgIpc) is 2.87. The van der Waals surface area contributed by atoms with Crippen LogP contribution in [-0.2, 0) is 7.05 Å². The zero-order valence-corrected chi connectivity index (χ0v) is 11.0. The molecule has 0 radical (unpaired) electrons. The molecular formula is C9H13N7OS. The molecule has 2 heterocycles. The maximum atomic E-state index is 11.7. The van der Waals surface area contributed by atoms with Crippen LogP contribution < -0.4 is 10.6 Å². The molecule has 1 atom stereocenters. The van der Waals surface area contributed by atoms with Crippen LogP contribution >= 0.6 is 11.3 Å². The maximum Gasteiger partial charge on any atom is 0.321 e. The summed E-state index contributed by atoms with van der Waals surface area (Å²) in [5, 5.41) is 21.9. The van der Waals surface area contributed by atoms with E-state index in [0.29, 0.717) is 11.0 Å². The molecule has 0 aliphatic carbocycles. The van der Waals surface area contributed by atoms with E-state index in [1.165, 1.54) is 11.3 Å². The second-order valence-corrected chi connectivity index (χ2v) is 4.93. The standard InChI is InChI=1S/C9H13N7OS/c1-5(7-14-10-4-16(7)3)11-8(17)12-9-15-13-6(2)18-9/h4-5H,1-3H3,(H2,11,12,15,17)/t5-/m0/s1. The lowest BCUT2D eigenvalue weighted by atomic mass is 10.3. The summed E-state index contributed by atoms with van der Waals surface area (Å²) in [6, 6.07) is -0.590. The molecule has 18 heavy (non-hydrogen) atoms. The van der Waals surface area contributed by atoms with Crippen LogP contribution in [0.2, 0.25) is 0 Å². The van der Waals surface area contributed by atoms with Crippen molar-refractivity contribution < 1.29 is 4.79 Å². The van der Waals surface area contributed by atoms with Crippen LogP contribution in [0.25, 0.3) is 0 Å². The van der Waals surface area contributed by atoms with E-state index in [9.17, 15) is 4.79 Å². The van der Waals surface area contributed by atoms with Crippen molar-refractivity contribution in [2.45, 2.75) is 19.9 Å². The number of aryl methyl sites for hydroxylation is 2. The zero-order valence-electron chi connectivity index (χ0n) is 10.2. The van der Waals surface area contributed by atoms with Gasteiger partial charge in [-0.15, -0.1) is 20.4 Å². The topological polar surface area (TPSA) is 97.6 Å². The normalized spacial score (nSPS) is 12.2. The molecule has 0 fully saturated rings. The lowest BCUT2D eigenvalue weighted by Crippen LogP contribution is -2.32. The Bertz CT molecular complexity index is 549. The molecule has 8 nitrogen and oxygen atoms in total.